The van der Waals surface area contributed by atoms with Gasteiger partial charge in [0.05, 0.1) is 18.3 Å². The molecule has 0 spiro atoms. The number of methoxy groups -OCH3 is 1. The molecule has 20 heavy (non-hydrogen) atoms. The van der Waals surface area contributed by atoms with Crippen LogP contribution in [0.5, 0.6) is 0 Å². The van der Waals surface area contributed by atoms with E-state index in [9.17, 15) is 4.79 Å². The number of anilines is 1. The molecular formula is C14H17BrN2O2S. The molecule has 0 aliphatic rings. The number of hydrogen-bond acceptors (Lipinski definition) is 4. The molecule has 2 aromatic rings. The van der Waals surface area contributed by atoms with Crippen LogP contribution in [0, 0.1) is 0 Å². The minimum absolute atomic E-state index is 0.0162. The highest BCUT2D eigenvalue weighted by molar-refractivity contribution is 9.10. The molecule has 2 rings (SSSR count). The van der Waals surface area contributed by atoms with Crippen molar-refractivity contribution < 1.29 is 4.74 Å². The predicted octanol–water partition coefficient (Wildman–Crippen LogP) is 3.49. The summed E-state index contributed by atoms with van der Waals surface area (Å²) in [6.45, 7) is 3.18. The van der Waals surface area contributed by atoms with Gasteiger partial charge in [-0.1, -0.05) is 0 Å². The summed E-state index contributed by atoms with van der Waals surface area (Å²) >= 11 is 5.24. The fraction of sp³-hybridized carbons (Fsp3) is 0.357. The fourth-order valence-corrected chi connectivity index (χ4v) is 3.64. The van der Waals surface area contributed by atoms with E-state index in [4.69, 9.17) is 4.74 Å². The number of ether oxygens (including phenoxy) is 1. The van der Waals surface area contributed by atoms with E-state index >= 15 is 0 Å². The summed E-state index contributed by atoms with van der Waals surface area (Å²) in [5.74, 6) is 0. The van der Waals surface area contributed by atoms with Crippen LogP contribution in [0.4, 0.5) is 5.69 Å². The van der Waals surface area contributed by atoms with Gasteiger partial charge >= 0.3 is 0 Å². The Morgan fingerprint density at radius 3 is 2.90 bits per heavy atom. The monoisotopic (exact) mass is 356 g/mol. The largest absolute Gasteiger partial charge is 0.383 e. The first-order valence-electron chi connectivity index (χ1n) is 6.30. The third-order valence-corrected chi connectivity index (χ3v) is 4.99. The first-order valence-corrected chi connectivity index (χ1v) is 7.98. The Balaban J connectivity index is 2.13. The number of nitrogens with zero attached hydrogens (tertiary/aromatic N) is 1. The highest BCUT2D eigenvalue weighted by Gasteiger charge is 2.11. The molecule has 1 unspecified atom stereocenters. The molecule has 4 nitrogen and oxygen atoms in total. The Bertz CT molecular complexity index is 624. The van der Waals surface area contributed by atoms with Gasteiger partial charge in [0.15, 0.2) is 0 Å². The second-order valence-corrected chi connectivity index (χ2v) is 6.24. The lowest BCUT2D eigenvalue weighted by Crippen LogP contribution is -2.21. The number of pyridine rings is 1. The molecule has 1 atom stereocenters. The summed E-state index contributed by atoms with van der Waals surface area (Å²) in [6.07, 6.45) is 1.83. The second kappa shape index (κ2) is 7.06. The molecular weight excluding hydrogens is 340 g/mol. The van der Waals surface area contributed by atoms with Crippen LogP contribution in [-0.2, 0) is 11.3 Å². The van der Waals surface area contributed by atoms with Crippen LogP contribution < -0.4 is 10.9 Å². The van der Waals surface area contributed by atoms with Crippen molar-refractivity contribution in [3.63, 3.8) is 0 Å². The molecule has 0 saturated heterocycles. The standard InChI is InChI=1S/C14H17BrN2O2S/c1-10(14-12(15)5-8-20-14)16-11-3-4-13(18)17(9-11)6-7-19-2/h3-5,8-10,16H,6-7H2,1-2H3. The minimum Gasteiger partial charge on any atom is -0.383 e. The van der Waals surface area contributed by atoms with Crippen molar-refractivity contribution >= 4 is 33.0 Å². The number of aromatic nitrogens is 1. The number of halogens is 1. The summed E-state index contributed by atoms with van der Waals surface area (Å²) in [5.41, 5.74) is 0.908. The molecule has 0 aliphatic carbocycles. The van der Waals surface area contributed by atoms with Gasteiger partial charge in [-0.05, 0) is 40.4 Å². The van der Waals surface area contributed by atoms with Crippen molar-refractivity contribution in [2.24, 2.45) is 0 Å². The Hall–Kier alpha value is -1.11. The molecule has 0 amide bonds. The Kier molecular flexibility index (Phi) is 5.39. The molecule has 2 aromatic heterocycles. The molecule has 2 heterocycles. The zero-order valence-electron chi connectivity index (χ0n) is 11.4. The number of thiophene rings is 1. The summed E-state index contributed by atoms with van der Waals surface area (Å²) in [6, 6.07) is 5.60. The maximum Gasteiger partial charge on any atom is 0.250 e. The summed E-state index contributed by atoms with van der Waals surface area (Å²) < 4.78 is 7.77. The first-order chi connectivity index (χ1) is 9.61. The summed E-state index contributed by atoms with van der Waals surface area (Å²) in [5, 5.41) is 5.46. The van der Waals surface area contributed by atoms with E-state index < -0.39 is 0 Å². The van der Waals surface area contributed by atoms with Crippen LogP contribution in [0.15, 0.2) is 39.0 Å². The SMILES string of the molecule is COCCn1cc(NC(C)c2sccc2Br)ccc1=O. The van der Waals surface area contributed by atoms with Gasteiger partial charge in [0.1, 0.15) is 0 Å². The maximum absolute atomic E-state index is 11.7. The van der Waals surface area contributed by atoms with E-state index in [1.165, 1.54) is 4.88 Å². The maximum atomic E-state index is 11.7. The molecule has 1 N–H and O–H groups in total. The van der Waals surface area contributed by atoms with E-state index in [0.717, 1.165) is 10.2 Å². The zero-order valence-corrected chi connectivity index (χ0v) is 13.8. The van der Waals surface area contributed by atoms with Gasteiger partial charge in [-0.15, -0.1) is 11.3 Å². The molecule has 0 saturated carbocycles. The lowest BCUT2D eigenvalue weighted by Gasteiger charge is -2.16. The zero-order chi connectivity index (χ0) is 14.5. The van der Waals surface area contributed by atoms with Gasteiger partial charge in [-0.2, -0.15) is 0 Å². The van der Waals surface area contributed by atoms with E-state index in [1.54, 1.807) is 29.1 Å². The summed E-state index contributed by atoms with van der Waals surface area (Å²) in [7, 11) is 1.63. The minimum atomic E-state index is -0.0162. The fourth-order valence-electron chi connectivity index (χ4n) is 1.91. The van der Waals surface area contributed by atoms with Gasteiger partial charge < -0.3 is 14.6 Å². The van der Waals surface area contributed by atoms with Crippen LogP contribution in [-0.4, -0.2) is 18.3 Å². The molecule has 0 radical (unpaired) electrons. The van der Waals surface area contributed by atoms with Gasteiger partial charge in [-0.3, -0.25) is 4.79 Å². The van der Waals surface area contributed by atoms with E-state index in [2.05, 4.69) is 33.6 Å². The average molecular weight is 357 g/mol. The van der Waals surface area contributed by atoms with Crippen molar-refractivity contribution in [1.29, 1.82) is 0 Å². The molecule has 0 fully saturated rings. The molecule has 0 bridgehead atoms. The smallest absolute Gasteiger partial charge is 0.250 e. The lowest BCUT2D eigenvalue weighted by molar-refractivity contribution is 0.186. The predicted molar refractivity (Wildman–Crippen MR) is 86.6 cm³/mol. The van der Waals surface area contributed by atoms with E-state index in [0.29, 0.717) is 13.2 Å². The van der Waals surface area contributed by atoms with Crippen LogP contribution in [0.1, 0.15) is 17.8 Å². The third kappa shape index (κ3) is 3.71. The average Bonchev–Trinajstić information content (AvgIpc) is 2.85. The van der Waals surface area contributed by atoms with Crippen molar-refractivity contribution in [2.75, 3.05) is 19.0 Å². The number of rotatable bonds is 6. The van der Waals surface area contributed by atoms with Gasteiger partial charge in [0, 0.05) is 35.3 Å². The Morgan fingerprint density at radius 2 is 2.25 bits per heavy atom. The van der Waals surface area contributed by atoms with Crippen LogP contribution in [0.3, 0.4) is 0 Å². The van der Waals surface area contributed by atoms with E-state index in [1.807, 2.05) is 18.3 Å². The molecule has 0 aromatic carbocycles. The number of hydrogen-bond donors (Lipinski definition) is 1. The topological polar surface area (TPSA) is 43.3 Å². The van der Waals surface area contributed by atoms with Crippen molar-refractivity contribution in [2.45, 2.75) is 19.5 Å². The van der Waals surface area contributed by atoms with E-state index in [-0.39, 0.29) is 11.6 Å². The van der Waals surface area contributed by atoms with Crippen LogP contribution >= 0.6 is 27.3 Å². The summed E-state index contributed by atoms with van der Waals surface area (Å²) in [4.78, 5) is 13.0. The highest BCUT2D eigenvalue weighted by Crippen LogP contribution is 2.30. The second-order valence-electron chi connectivity index (χ2n) is 4.44. The van der Waals surface area contributed by atoms with Crippen molar-refractivity contribution in [3.05, 3.63) is 49.5 Å². The van der Waals surface area contributed by atoms with Crippen molar-refractivity contribution in [1.82, 2.24) is 4.57 Å². The van der Waals surface area contributed by atoms with Crippen LogP contribution in [0.25, 0.3) is 0 Å². The molecule has 6 heteroatoms. The van der Waals surface area contributed by atoms with Crippen molar-refractivity contribution in [3.8, 4) is 0 Å². The Morgan fingerprint density at radius 1 is 1.45 bits per heavy atom. The lowest BCUT2D eigenvalue weighted by atomic mass is 10.2. The quantitative estimate of drug-likeness (QED) is 0.861. The normalized spacial score (nSPS) is 12.3. The van der Waals surface area contributed by atoms with Crippen LogP contribution in [0.2, 0.25) is 0 Å². The molecule has 0 aliphatic heterocycles. The third-order valence-electron chi connectivity index (χ3n) is 2.94. The first kappa shape index (κ1) is 15.3. The van der Waals surface area contributed by atoms with Gasteiger partial charge in [0.25, 0.3) is 5.56 Å². The van der Waals surface area contributed by atoms with Gasteiger partial charge in [0.2, 0.25) is 0 Å². The molecule has 108 valence electrons. The van der Waals surface area contributed by atoms with Gasteiger partial charge in [-0.25, -0.2) is 0 Å². The highest BCUT2D eigenvalue weighted by atomic mass is 79.9. The number of nitrogens with one attached hydrogen (secondary N) is 1. The Labute approximate surface area is 130 Å².